The molecular formula is C25H23FN4O. The van der Waals surface area contributed by atoms with Gasteiger partial charge in [0.1, 0.15) is 5.82 Å². The fraction of sp³-hybridized carbons (Fsp3) is 0.320. The van der Waals surface area contributed by atoms with Gasteiger partial charge in [0.25, 0.3) is 0 Å². The fourth-order valence-electron chi connectivity index (χ4n) is 5.15. The molecule has 0 N–H and O–H groups in total. The summed E-state index contributed by atoms with van der Waals surface area (Å²) in [5.41, 5.74) is 5.23. The first-order valence-corrected chi connectivity index (χ1v) is 10.9. The van der Waals surface area contributed by atoms with Gasteiger partial charge in [0, 0.05) is 60.2 Å². The maximum Gasteiger partial charge on any atom is 0.229 e. The van der Waals surface area contributed by atoms with Gasteiger partial charge in [0.05, 0.1) is 0 Å². The quantitative estimate of drug-likeness (QED) is 0.594. The van der Waals surface area contributed by atoms with Crippen LogP contribution in [0.3, 0.4) is 0 Å². The molecule has 0 bridgehead atoms. The third-order valence-electron chi connectivity index (χ3n) is 7.10. The molecule has 1 saturated heterocycles. The summed E-state index contributed by atoms with van der Waals surface area (Å²) < 4.78 is 14.1. The summed E-state index contributed by atoms with van der Waals surface area (Å²) in [7, 11) is 0. The van der Waals surface area contributed by atoms with E-state index < -0.39 is 0 Å². The first-order valence-electron chi connectivity index (χ1n) is 10.9. The molecule has 3 aliphatic rings. The van der Waals surface area contributed by atoms with Crippen LogP contribution in [0.25, 0.3) is 11.1 Å². The molecule has 156 valence electrons. The minimum Gasteiger partial charge on any atom is -0.345 e. The summed E-state index contributed by atoms with van der Waals surface area (Å²) >= 11 is 0. The van der Waals surface area contributed by atoms with Crippen molar-refractivity contribution in [3.63, 3.8) is 0 Å². The molecule has 1 aliphatic carbocycles. The van der Waals surface area contributed by atoms with Crippen LogP contribution in [0.2, 0.25) is 0 Å². The normalized spacial score (nSPS) is 20.9. The number of fused-ring (bicyclic) bond motifs is 2. The highest BCUT2D eigenvalue weighted by atomic mass is 19.1. The third-order valence-corrected chi connectivity index (χ3v) is 7.10. The van der Waals surface area contributed by atoms with E-state index in [0.29, 0.717) is 23.0 Å². The van der Waals surface area contributed by atoms with Crippen molar-refractivity contribution in [1.82, 2.24) is 14.9 Å². The highest BCUT2D eigenvalue weighted by Crippen LogP contribution is 2.58. The zero-order valence-corrected chi connectivity index (χ0v) is 17.2. The Morgan fingerprint density at radius 2 is 1.90 bits per heavy atom. The smallest absolute Gasteiger partial charge is 0.229 e. The molecule has 3 heterocycles. The maximum absolute atomic E-state index is 14.1. The van der Waals surface area contributed by atoms with Gasteiger partial charge < -0.3 is 9.80 Å². The van der Waals surface area contributed by atoms with E-state index in [0.717, 1.165) is 32.5 Å². The second-order valence-corrected chi connectivity index (χ2v) is 8.98. The zero-order valence-electron chi connectivity index (χ0n) is 17.2. The Morgan fingerprint density at radius 1 is 1.10 bits per heavy atom. The van der Waals surface area contributed by atoms with Gasteiger partial charge in [-0.25, -0.2) is 14.4 Å². The first kappa shape index (κ1) is 18.5. The van der Waals surface area contributed by atoms with Gasteiger partial charge in [0.15, 0.2) is 0 Å². The molecule has 6 rings (SSSR count). The number of hydrogen-bond donors (Lipinski definition) is 0. The van der Waals surface area contributed by atoms with Crippen LogP contribution in [0.5, 0.6) is 0 Å². The van der Waals surface area contributed by atoms with Crippen molar-refractivity contribution in [2.45, 2.75) is 30.6 Å². The summed E-state index contributed by atoms with van der Waals surface area (Å²) in [6, 6.07) is 13.5. The molecule has 0 radical (unpaired) electrons. The topological polar surface area (TPSA) is 49.3 Å². The molecule has 1 saturated carbocycles. The summed E-state index contributed by atoms with van der Waals surface area (Å²) in [4.78, 5) is 24.4. The number of anilines is 2. The molecule has 1 atom stereocenters. The van der Waals surface area contributed by atoms with E-state index in [1.54, 1.807) is 24.5 Å². The minimum atomic E-state index is -0.270. The van der Waals surface area contributed by atoms with E-state index >= 15 is 0 Å². The lowest BCUT2D eigenvalue weighted by molar-refractivity contribution is -0.117. The molecule has 1 aromatic heterocycles. The number of likely N-dealkylation sites (tertiary alicyclic amines) is 1. The summed E-state index contributed by atoms with van der Waals surface area (Å²) in [6.45, 7) is 2.48. The molecule has 2 aromatic carbocycles. The Hall–Kier alpha value is -3.28. The number of benzene rings is 2. The van der Waals surface area contributed by atoms with E-state index in [4.69, 9.17) is 0 Å². The average molecular weight is 414 g/mol. The van der Waals surface area contributed by atoms with Crippen LogP contribution in [-0.2, 0) is 10.2 Å². The van der Waals surface area contributed by atoms with Crippen molar-refractivity contribution in [1.29, 1.82) is 0 Å². The van der Waals surface area contributed by atoms with Gasteiger partial charge in [-0.15, -0.1) is 0 Å². The molecule has 6 heteroatoms. The van der Waals surface area contributed by atoms with Crippen molar-refractivity contribution in [2.75, 3.05) is 24.5 Å². The highest BCUT2D eigenvalue weighted by Gasteiger charge is 2.52. The lowest BCUT2D eigenvalue weighted by Crippen LogP contribution is -2.21. The Morgan fingerprint density at radius 3 is 2.61 bits per heavy atom. The molecule has 5 nitrogen and oxygen atoms in total. The number of carbonyl (C=O) groups is 1. The molecule has 2 fully saturated rings. The number of rotatable bonds is 4. The second-order valence-electron chi connectivity index (χ2n) is 8.98. The van der Waals surface area contributed by atoms with Crippen LogP contribution < -0.4 is 4.90 Å². The summed E-state index contributed by atoms with van der Waals surface area (Å²) in [6.07, 6.45) is 7.74. The van der Waals surface area contributed by atoms with Gasteiger partial charge in [-0.2, -0.15) is 0 Å². The molecule has 2 aliphatic heterocycles. The Labute approximate surface area is 180 Å². The molecule has 1 unspecified atom stereocenters. The van der Waals surface area contributed by atoms with Crippen molar-refractivity contribution in [3.8, 4) is 11.1 Å². The number of carbonyl (C=O) groups excluding carboxylic acids is 1. The van der Waals surface area contributed by atoms with Gasteiger partial charge in [0.2, 0.25) is 12.4 Å². The molecule has 3 aromatic rings. The van der Waals surface area contributed by atoms with Crippen molar-refractivity contribution in [2.24, 2.45) is 0 Å². The molecule has 1 amide bonds. The van der Waals surface area contributed by atoms with Crippen LogP contribution in [-0.4, -0.2) is 40.9 Å². The average Bonchev–Trinajstić information content (AvgIpc) is 3.30. The number of amides is 1. The van der Waals surface area contributed by atoms with E-state index in [1.165, 1.54) is 35.7 Å². The standard InChI is InChI=1S/C25H23FN4O/c26-22-4-2-1-3-20(22)19-12-27-24(28-13-19)30-15-25(8-9-25)21-6-5-17(11-23(21)30)18-7-10-29(14-18)16-31/h1-6,11-13,16,18H,7-10,14-15H2. The number of halogens is 1. The van der Waals surface area contributed by atoms with E-state index in [1.807, 2.05) is 11.0 Å². The van der Waals surface area contributed by atoms with Crippen LogP contribution in [0.15, 0.2) is 54.9 Å². The lowest BCUT2D eigenvalue weighted by Gasteiger charge is -2.19. The second kappa shape index (κ2) is 6.87. The Kier molecular flexibility index (Phi) is 4.10. The zero-order chi connectivity index (χ0) is 21.0. The SMILES string of the molecule is O=CN1CCC(c2ccc3c(c2)N(c2ncc(-c4ccccc4F)cn2)CC32CC2)C1. The largest absolute Gasteiger partial charge is 0.345 e. The first-order chi connectivity index (χ1) is 15.2. The molecular weight excluding hydrogens is 391 g/mol. The van der Waals surface area contributed by atoms with Gasteiger partial charge in [-0.3, -0.25) is 4.79 Å². The number of hydrogen-bond acceptors (Lipinski definition) is 4. The minimum absolute atomic E-state index is 0.214. The van der Waals surface area contributed by atoms with E-state index in [9.17, 15) is 9.18 Å². The van der Waals surface area contributed by atoms with Crippen molar-refractivity contribution in [3.05, 3.63) is 71.8 Å². The van der Waals surface area contributed by atoms with E-state index in [2.05, 4.69) is 33.1 Å². The maximum atomic E-state index is 14.1. The number of nitrogens with zero attached hydrogens (tertiary/aromatic N) is 4. The van der Waals surface area contributed by atoms with Gasteiger partial charge in [-0.05, 0) is 42.5 Å². The van der Waals surface area contributed by atoms with Crippen LogP contribution in [0, 0.1) is 5.82 Å². The Balaban J connectivity index is 1.34. The molecule has 31 heavy (non-hydrogen) atoms. The van der Waals surface area contributed by atoms with Crippen molar-refractivity contribution >= 4 is 18.0 Å². The highest BCUT2D eigenvalue weighted by molar-refractivity contribution is 5.73. The summed E-state index contributed by atoms with van der Waals surface area (Å²) in [5.74, 6) is 0.758. The van der Waals surface area contributed by atoms with Crippen LogP contribution >= 0.6 is 0 Å². The Bertz CT molecular complexity index is 1160. The predicted octanol–water partition coefficient (Wildman–Crippen LogP) is 4.41. The predicted molar refractivity (Wildman–Crippen MR) is 117 cm³/mol. The van der Waals surface area contributed by atoms with Crippen LogP contribution in [0.4, 0.5) is 16.0 Å². The fourth-order valence-corrected chi connectivity index (χ4v) is 5.15. The summed E-state index contributed by atoms with van der Waals surface area (Å²) in [5, 5.41) is 0. The number of aromatic nitrogens is 2. The molecule has 1 spiro atoms. The third kappa shape index (κ3) is 3.00. The monoisotopic (exact) mass is 414 g/mol. The van der Waals surface area contributed by atoms with Crippen molar-refractivity contribution < 1.29 is 9.18 Å². The van der Waals surface area contributed by atoms with E-state index in [-0.39, 0.29) is 11.2 Å². The van der Waals surface area contributed by atoms with Gasteiger partial charge in [-0.1, -0.05) is 30.3 Å². The van der Waals surface area contributed by atoms with Crippen LogP contribution in [0.1, 0.15) is 36.3 Å². The lowest BCUT2D eigenvalue weighted by atomic mass is 9.92. The van der Waals surface area contributed by atoms with Gasteiger partial charge >= 0.3 is 0 Å².